The van der Waals surface area contributed by atoms with Gasteiger partial charge in [-0.25, -0.2) is 0 Å². The van der Waals surface area contributed by atoms with Crippen molar-refractivity contribution in [3.8, 4) is 0 Å². The van der Waals surface area contributed by atoms with Crippen LogP contribution in [0.1, 0.15) is 54.4 Å². The van der Waals surface area contributed by atoms with Gasteiger partial charge in [0.05, 0.1) is 5.60 Å². The van der Waals surface area contributed by atoms with Crippen LogP contribution in [0.3, 0.4) is 0 Å². The molecule has 1 aliphatic heterocycles. The molecule has 1 aliphatic carbocycles. The molecule has 2 fully saturated rings. The van der Waals surface area contributed by atoms with Crippen LogP contribution in [0.15, 0.2) is 0 Å². The maximum absolute atomic E-state index is 6.34. The molecule has 1 saturated heterocycles. The third-order valence-corrected chi connectivity index (χ3v) is 4.46. The van der Waals surface area contributed by atoms with Crippen LogP contribution in [-0.2, 0) is 4.74 Å². The number of hydrogen-bond acceptors (Lipinski definition) is 2. The first kappa shape index (κ1) is 11.4. The Morgan fingerprint density at radius 3 is 1.87 bits per heavy atom. The van der Waals surface area contributed by atoms with E-state index in [4.69, 9.17) is 4.74 Å². The molecule has 0 amide bonds. The Morgan fingerprint density at radius 1 is 0.933 bits per heavy atom. The van der Waals surface area contributed by atoms with Gasteiger partial charge >= 0.3 is 0 Å². The smallest absolute Gasteiger partial charge is 0.121 e. The summed E-state index contributed by atoms with van der Waals surface area (Å²) in [6, 6.07) is 0. The minimum Gasteiger partial charge on any atom is -0.354 e. The van der Waals surface area contributed by atoms with Gasteiger partial charge in [0, 0.05) is 12.0 Å². The summed E-state index contributed by atoms with van der Waals surface area (Å²) in [5, 5.41) is 3.61. The van der Waals surface area contributed by atoms with Gasteiger partial charge in [-0.3, -0.25) is 5.32 Å². The zero-order valence-corrected chi connectivity index (χ0v) is 11.0. The van der Waals surface area contributed by atoms with E-state index in [-0.39, 0.29) is 16.7 Å². The fourth-order valence-corrected chi connectivity index (χ4v) is 2.95. The highest BCUT2D eigenvalue weighted by Crippen LogP contribution is 2.54. The van der Waals surface area contributed by atoms with Crippen LogP contribution >= 0.6 is 0 Å². The van der Waals surface area contributed by atoms with Crippen LogP contribution in [0.4, 0.5) is 0 Å². The van der Waals surface area contributed by atoms with Gasteiger partial charge in [-0.15, -0.1) is 0 Å². The van der Waals surface area contributed by atoms with Gasteiger partial charge < -0.3 is 4.74 Å². The fraction of sp³-hybridized carbons (Fsp3) is 1.00. The third kappa shape index (κ3) is 1.72. The largest absolute Gasteiger partial charge is 0.354 e. The summed E-state index contributed by atoms with van der Waals surface area (Å²) >= 11 is 0. The molecule has 0 unspecified atom stereocenters. The molecule has 1 spiro atoms. The molecule has 0 aromatic carbocycles. The Kier molecular flexibility index (Phi) is 2.11. The molecule has 2 nitrogen and oxygen atoms in total. The van der Waals surface area contributed by atoms with Crippen LogP contribution in [0.2, 0.25) is 0 Å². The summed E-state index contributed by atoms with van der Waals surface area (Å²) in [6.07, 6.45) is 2.28. The van der Waals surface area contributed by atoms with E-state index in [0.29, 0.717) is 5.41 Å². The molecular weight excluding hydrogens is 186 g/mol. The highest BCUT2D eigenvalue weighted by atomic mass is 16.5. The molecule has 2 rings (SSSR count). The second-order valence-electron chi connectivity index (χ2n) is 7.36. The van der Waals surface area contributed by atoms with E-state index in [2.05, 4.69) is 46.9 Å². The van der Waals surface area contributed by atoms with Crippen LogP contribution < -0.4 is 5.32 Å². The highest BCUT2D eigenvalue weighted by molar-refractivity contribution is 5.06. The molecule has 1 N–H and O–H groups in total. The SMILES string of the molecule is CC1(C)CC2(C1)NCC(C)(C)C(C)(C)O2. The maximum Gasteiger partial charge on any atom is 0.121 e. The average molecular weight is 211 g/mol. The second-order valence-corrected chi connectivity index (χ2v) is 7.36. The lowest BCUT2D eigenvalue weighted by molar-refractivity contribution is -0.289. The van der Waals surface area contributed by atoms with Crippen molar-refractivity contribution in [2.75, 3.05) is 6.54 Å². The van der Waals surface area contributed by atoms with Gasteiger partial charge in [0.2, 0.25) is 0 Å². The zero-order chi connectivity index (χ0) is 11.5. The van der Waals surface area contributed by atoms with E-state index in [1.165, 1.54) is 0 Å². The molecule has 0 aromatic heterocycles. The van der Waals surface area contributed by atoms with Gasteiger partial charge in [-0.05, 0) is 32.1 Å². The van der Waals surface area contributed by atoms with Crippen molar-refractivity contribution in [2.24, 2.45) is 10.8 Å². The van der Waals surface area contributed by atoms with E-state index in [1.807, 2.05) is 0 Å². The average Bonchev–Trinajstić information content (AvgIpc) is 1.93. The lowest BCUT2D eigenvalue weighted by atomic mass is 9.63. The normalized spacial score (nSPS) is 34.8. The van der Waals surface area contributed by atoms with E-state index in [0.717, 1.165) is 19.4 Å². The summed E-state index contributed by atoms with van der Waals surface area (Å²) in [4.78, 5) is 0. The number of ether oxygens (including phenoxy) is 1. The van der Waals surface area contributed by atoms with E-state index in [1.54, 1.807) is 0 Å². The number of rotatable bonds is 0. The molecular formula is C13H25NO. The Morgan fingerprint density at radius 2 is 1.47 bits per heavy atom. The molecule has 15 heavy (non-hydrogen) atoms. The van der Waals surface area contributed by atoms with Crippen molar-refractivity contribution in [2.45, 2.75) is 65.7 Å². The van der Waals surface area contributed by atoms with E-state index < -0.39 is 0 Å². The summed E-state index contributed by atoms with van der Waals surface area (Å²) < 4.78 is 6.34. The summed E-state index contributed by atoms with van der Waals surface area (Å²) in [5.74, 6) is 0. The standard InChI is InChI=1S/C13H25NO/c1-10(2)7-13(8-10)14-9-11(3,4)12(5,6)15-13/h14H,7-9H2,1-6H3. The van der Waals surface area contributed by atoms with Gasteiger partial charge in [-0.1, -0.05) is 27.7 Å². The lowest BCUT2D eigenvalue weighted by Gasteiger charge is -2.62. The fourth-order valence-electron chi connectivity index (χ4n) is 2.95. The topological polar surface area (TPSA) is 21.3 Å². The van der Waals surface area contributed by atoms with Crippen molar-refractivity contribution in [3.05, 3.63) is 0 Å². The predicted octanol–water partition coefficient (Wildman–Crippen LogP) is 2.93. The maximum atomic E-state index is 6.34. The second kappa shape index (κ2) is 2.78. The highest BCUT2D eigenvalue weighted by Gasteiger charge is 2.58. The quantitative estimate of drug-likeness (QED) is 0.665. The van der Waals surface area contributed by atoms with Crippen molar-refractivity contribution >= 4 is 0 Å². The first-order chi connectivity index (χ1) is 6.58. The Labute approximate surface area is 93.8 Å². The summed E-state index contributed by atoms with van der Waals surface area (Å²) in [6.45, 7) is 14.7. The number of hydrogen-bond donors (Lipinski definition) is 1. The van der Waals surface area contributed by atoms with E-state index >= 15 is 0 Å². The van der Waals surface area contributed by atoms with Crippen molar-refractivity contribution < 1.29 is 4.74 Å². The van der Waals surface area contributed by atoms with Crippen LogP contribution in [0.5, 0.6) is 0 Å². The Balaban J connectivity index is 2.11. The first-order valence-electron chi connectivity index (χ1n) is 6.03. The van der Waals surface area contributed by atoms with Crippen molar-refractivity contribution in [1.82, 2.24) is 5.32 Å². The van der Waals surface area contributed by atoms with Crippen LogP contribution in [-0.4, -0.2) is 17.9 Å². The minimum absolute atomic E-state index is 0.0253. The molecule has 1 saturated carbocycles. The lowest BCUT2D eigenvalue weighted by Crippen LogP contribution is -2.71. The van der Waals surface area contributed by atoms with Gasteiger partial charge in [-0.2, -0.15) is 0 Å². The van der Waals surface area contributed by atoms with E-state index in [9.17, 15) is 0 Å². The van der Waals surface area contributed by atoms with Crippen molar-refractivity contribution in [3.63, 3.8) is 0 Å². The molecule has 0 bridgehead atoms. The zero-order valence-electron chi connectivity index (χ0n) is 11.0. The first-order valence-corrected chi connectivity index (χ1v) is 6.03. The molecule has 0 aromatic rings. The summed E-state index contributed by atoms with van der Waals surface area (Å²) in [5.41, 5.74) is 0.597. The summed E-state index contributed by atoms with van der Waals surface area (Å²) in [7, 11) is 0. The molecule has 2 heteroatoms. The van der Waals surface area contributed by atoms with Gasteiger partial charge in [0.15, 0.2) is 0 Å². The molecule has 2 aliphatic rings. The Bertz CT molecular complexity index is 270. The van der Waals surface area contributed by atoms with Crippen molar-refractivity contribution in [1.29, 1.82) is 0 Å². The molecule has 88 valence electrons. The third-order valence-electron chi connectivity index (χ3n) is 4.46. The van der Waals surface area contributed by atoms with Crippen LogP contribution in [0.25, 0.3) is 0 Å². The minimum atomic E-state index is -0.0330. The number of nitrogens with one attached hydrogen (secondary N) is 1. The van der Waals surface area contributed by atoms with Crippen LogP contribution in [0, 0.1) is 10.8 Å². The predicted molar refractivity (Wildman–Crippen MR) is 62.7 cm³/mol. The van der Waals surface area contributed by atoms with Gasteiger partial charge in [0.25, 0.3) is 0 Å². The Hall–Kier alpha value is -0.0800. The molecule has 0 atom stereocenters. The molecule has 0 radical (unpaired) electrons. The molecule has 1 heterocycles. The van der Waals surface area contributed by atoms with Gasteiger partial charge in [0.1, 0.15) is 5.72 Å². The monoisotopic (exact) mass is 211 g/mol.